The van der Waals surface area contributed by atoms with Crippen molar-refractivity contribution >= 4 is 46.0 Å². The van der Waals surface area contributed by atoms with Crippen LogP contribution in [0.15, 0.2) is 91.0 Å². The first-order valence-electron chi connectivity index (χ1n) is 8.24. The maximum Gasteiger partial charge on any atom is 0.174 e. The Bertz CT molecular complexity index is 784. The van der Waals surface area contributed by atoms with Crippen molar-refractivity contribution in [2.75, 3.05) is 0 Å². The molecule has 0 aliphatic rings. The highest BCUT2D eigenvalue weighted by Gasteiger charge is 2.26. The molecule has 0 fully saturated rings. The van der Waals surface area contributed by atoms with Gasteiger partial charge in [0, 0.05) is 0 Å². The van der Waals surface area contributed by atoms with Crippen molar-refractivity contribution < 1.29 is 4.79 Å². The topological polar surface area (TPSA) is 17.1 Å². The minimum absolute atomic E-state index is 0.0356. The first kappa shape index (κ1) is 17.7. The molecule has 0 amide bonds. The normalized spacial score (nSPS) is 12.4. The van der Waals surface area contributed by atoms with Gasteiger partial charge in [-0.05, 0) is 35.5 Å². The summed E-state index contributed by atoms with van der Waals surface area (Å²) < 4.78 is 0. The Kier molecular flexibility index (Phi) is 5.58. The third-order valence-electron chi connectivity index (χ3n) is 4.20. The predicted molar refractivity (Wildman–Crippen MR) is 112 cm³/mol. The van der Waals surface area contributed by atoms with Crippen LogP contribution in [0, 0.1) is 0 Å². The minimum Gasteiger partial charge on any atom is -0.293 e. The summed E-state index contributed by atoms with van der Waals surface area (Å²) in [5.41, 5.74) is 0. The van der Waals surface area contributed by atoms with Gasteiger partial charge in [-0.2, -0.15) is 0 Å². The number of carbonyl (C=O) groups is 1. The van der Waals surface area contributed by atoms with E-state index in [9.17, 15) is 4.79 Å². The van der Waals surface area contributed by atoms with Crippen molar-refractivity contribution in [3.63, 3.8) is 0 Å². The van der Waals surface area contributed by atoms with E-state index in [-0.39, 0.29) is 5.78 Å². The third-order valence-corrected chi connectivity index (χ3v) is 8.40. The van der Waals surface area contributed by atoms with Gasteiger partial charge in [-0.25, -0.2) is 0 Å². The molecule has 3 heteroatoms. The van der Waals surface area contributed by atoms with E-state index in [1.54, 1.807) is 6.92 Å². The quantitative estimate of drug-likeness (QED) is 0.493. The first-order valence-corrected chi connectivity index (χ1v) is 10.5. The van der Waals surface area contributed by atoms with Gasteiger partial charge in [0.15, 0.2) is 5.78 Å². The number of Topliss-reactive ketones (excluding diaryl/α,β-unsaturated/α-hetero) is 1. The van der Waals surface area contributed by atoms with Crippen LogP contribution < -0.4 is 15.9 Å². The molecule has 0 spiro atoms. The zero-order valence-corrected chi connectivity index (χ0v) is 15.7. The summed E-state index contributed by atoms with van der Waals surface area (Å²) in [5, 5.41) is 2.91. The highest BCUT2D eigenvalue weighted by atomic mass is 35.5. The lowest BCUT2D eigenvalue weighted by Crippen LogP contribution is -2.29. The van der Waals surface area contributed by atoms with Crippen molar-refractivity contribution in [2.45, 2.75) is 12.3 Å². The Morgan fingerprint density at radius 3 is 1.36 bits per heavy atom. The van der Waals surface area contributed by atoms with E-state index in [4.69, 9.17) is 11.6 Å². The van der Waals surface area contributed by atoms with E-state index < -0.39 is 12.3 Å². The Labute approximate surface area is 154 Å². The van der Waals surface area contributed by atoms with Gasteiger partial charge in [-0.15, -0.1) is 11.6 Å². The number of benzene rings is 3. The van der Waals surface area contributed by atoms with Crippen LogP contribution in [0.4, 0.5) is 0 Å². The van der Waals surface area contributed by atoms with Crippen molar-refractivity contribution in [1.82, 2.24) is 0 Å². The summed E-state index contributed by atoms with van der Waals surface area (Å²) in [6, 6.07) is 30.8. The number of hydrogen-bond donors (Lipinski definition) is 0. The summed E-state index contributed by atoms with van der Waals surface area (Å²) in [6.45, 7) is -0.490. The summed E-state index contributed by atoms with van der Waals surface area (Å²) >= 11 is 6.13. The van der Waals surface area contributed by atoms with Crippen LogP contribution in [-0.4, -0.2) is 17.0 Å². The Morgan fingerprint density at radius 1 is 0.760 bits per heavy atom. The van der Waals surface area contributed by atoms with E-state index in [0.29, 0.717) is 0 Å². The van der Waals surface area contributed by atoms with E-state index in [1.807, 2.05) is 60.4 Å². The van der Waals surface area contributed by atoms with E-state index in [2.05, 4.69) is 36.4 Å². The second-order valence-corrected chi connectivity index (χ2v) is 9.78. The monoisotopic (exact) mass is 366 g/mol. The molecule has 0 aromatic heterocycles. The SMILES string of the molecule is CC(Cl)C(=O)C=P(c1ccccc1)(c1ccccc1)c1ccccc1. The molecule has 1 atom stereocenters. The molecule has 0 bridgehead atoms. The van der Waals surface area contributed by atoms with Crippen LogP contribution >= 0.6 is 18.5 Å². The lowest BCUT2D eigenvalue weighted by molar-refractivity contribution is -0.111. The molecule has 0 saturated heterocycles. The summed E-state index contributed by atoms with van der Waals surface area (Å²) in [6.07, 6.45) is 0. The number of hydrogen-bond acceptors (Lipinski definition) is 1. The third kappa shape index (κ3) is 3.63. The molecule has 0 saturated carbocycles. The lowest BCUT2D eigenvalue weighted by atomic mass is 10.3. The predicted octanol–water partition coefficient (Wildman–Crippen LogP) is 3.98. The molecule has 3 aromatic rings. The molecule has 25 heavy (non-hydrogen) atoms. The average Bonchev–Trinajstić information content (AvgIpc) is 2.68. The molecule has 0 radical (unpaired) electrons. The first-order chi connectivity index (χ1) is 12.1. The molecule has 3 rings (SSSR count). The van der Waals surface area contributed by atoms with Crippen LogP contribution in [-0.2, 0) is 4.79 Å². The fourth-order valence-corrected chi connectivity index (χ4v) is 6.98. The molecule has 126 valence electrons. The summed E-state index contributed by atoms with van der Waals surface area (Å²) in [4.78, 5) is 12.7. The number of alkyl halides is 1. The van der Waals surface area contributed by atoms with Gasteiger partial charge in [0.05, 0.1) is 5.38 Å². The van der Waals surface area contributed by atoms with Gasteiger partial charge in [0.1, 0.15) is 0 Å². The Balaban J connectivity index is 2.43. The standard InChI is InChI=1S/C22H20ClOP/c1-18(23)22(24)17-25(19-11-5-2-6-12-19,20-13-7-3-8-14-20)21-15-9-4-10-16-21/h2-18H,1H3. The molecule has 0 aliphatic carbocycles. The molecule has 1 unspecified atom stereocenters. The van der Waals surface area contributed by atoms with Gasteiger partial charge in [-0.3, -0.25) is 4.79 Å². The van der Waals surface area contributed by atoms with Gasteiger partial charge in [-0.1, -0.05) is 91.0 Å². The molecule has 1 nitrogen and oxygen atoms in total. The Hall–Kier alpha value is -2.08. The van der Waals surface area contributed by atoms with Crippen LogP contribution in [0.1, 0.15) is 6.92 Å². The highest BCUT2D eigenvalue weighted by Crippen LogP contribution is 2.43. The van der Waals surface area contributed by atoms with E-state index in [1.165, 1.54) is 0 Å². The zero-order chi connectivity index (χ0) is 17.7. The zero-order valence-electron chi connectivity index (χ0n) is 14.0. The van der Waals surface area contributed by atoms with Crippen molar-refractivity contribution in [3.05, 3.63) is 91.0 Å². The molecular formula is C22H20ClOP. The molecular weight excluding hydrogens is 347 g/mol. The van der Waals surface area contributed by atoms with Gasteiger partial charge in [0.25, 0.3) is 0 Å². The lowest BCUT2D eigenvalue weighted by Gasteiger charge is -2.28. The van der Waals surface area contributed by atoms with Gasteiger partial charge < -0.3 is 0 Å². The maximum absolute atomic E-state index is 12.7. The highest BCUT2D eigenvalue weighted by molar-refractivity contribution is 7.95. The summed E-state index contributed by atoms with van der Waals surface area (Å²) in [7, 11) is 0. The maximum atomic E-state index is 12.7. The van der Waals surface area contributed by atoms with Gasteiger partial charge in [0.2, 0.25) is 0 Å². The van der Waals surface area contributed by atoms with Crippen molar-refractivity contribution in [3.8, 4) is 0 Å². The molecule has 3 aromatic carbocycles. The second-order valence-electron chi connectivity index (χ2n) is 5.88. The van der Waals surface area contributed by atoms with Crippen LogP contribution in [0.3, 0.4) is 0 Å². The van der Waals surface area contributed by atoms with Crippen LogP contribution in [0.5, 0.6) is 0 Å². The second kappa shape index (κ2) is 7.87. The van der Waals surface area contributed by atoms with Crippen molar-refractivity contribution in [1.29, 1.82) is 0 Å². The van der Waals surface area contributed by atoms with Gasteiger partial charge >= 0.3 is 0 Å². The number of carbonyl (C=O) groups excluding carboxylic acids is 1. The average molecular weight is 367 g/mol. The Morgan fingerprint density at radius 2 is 1.08 bits per heavy atom. The molecule has 0 N–H and O–H groups in total. The van der Waals surface area contributed by atoms with E-state index in [0.717, 1.165) is 15.9 Å². The summed E-state index contributed by atoms with van der Waals surface area (Å²) in [5.74, 6) is 1.84. The minimum atomic E-state index is -2.22. The molecule has 0 heterocycles. The number of ketones is 1. The largest absolute Gasteiger partial charge is 0.293 e. The molecule has 0 aliphatic heterocycles. The van der Waals surface area contributed by atoms with E-state index >= 15 is 0 Å². The smallest absolute Gasteiger partial charge is 0.174 e. The van der Waals surface area contributed by atoms with Crippen LogP contribution in [0.25, 0.3) is 0 Å². The van der Waals surface area contributed by atoms with Crippen LogP contribution in [0.2, 0.25) is 0 Å². The van der Waals surface area contributed by atoms with Crippen molar-refractivity contribution in [2.24, 2.45) is 0 Å². The number of rotatable bonds is 5. The fourth-order valence-electron chi connectivity index (χ4n) is 2.95. The fraction of sp³-hybridized carbons (Fsp3) is 0.0909. The number of halogens is 1.